The van der Waals surface area contributed by atoms with Crippen LogP contribution in [0.4, 0.5) is 4.39 Å². The third-order valence-corrected chi connectivity index (χ3v) is 2.85. The van der Waals surface area contributed by atoms with E-state index in [2.05, 4.69) is 15.9 Å². The van der Waals surface area contributed by atoms with Gasteiger partial charge in [-0.3, -0.25) is 0 Å². The lowest BCUT2D eigenvalue weighted by atomic mass is 10.2. The molecule has 2 rings (SSSR count). The van der Waals surface area contributed by atoms with Crippen molar-refractivity contribution in [2.45, 2.75) is 6.61 Å². The Kier molecular flexibility index (Phi) is 3.64. The number of halogens is 2. The lowest BCUT2D eigenvalue weighted by Gasteiger charge is -2.07. The van der Waals surface area contributed by atoms with E-state index in [1.54, 1.807) is 30.3 Å². The van der Waals surface area contributed by atoms with Crippen LogP contribution in [-0.4, -0.2) is 5.11 Å². The van der Waals surface area contributed by atoms with Crippen molar-refractivity contribution in [3.63, 3.8) is 0 Å². The second-order valence-electron chi connectivity index (χ2n) is 3.53. The van der Waals surface area contributed by atoms with E-state index in [1.165, 1.54) is 6.07 Å². The molecular weight excluding hydrogens is 287 g/mol. The van der Waals surface area contributed by atoms with Gasteiger partial charge in [0, 0.05) is 6.07 Å². The average Bonchev–Trinajstić information content (AvgIpc) is 2.31. The van der Waals surface area contributed by atoms with E-state index in [-0.39, 0.29) is 18.2 Å². The summed E-state index contributed by atoms with van der Waals surface area (Å²) in [6.07, 6.45) is 0. The fraction of sp³-hybridized carbons (Fsp3) is 0.0769. The number of phenolic OH excluding ortho intramolecular Hbond substituents is 1. The van der Waals surface area contributed by atoms with E-state index in [1.807, 2.05) is 6.07 Å². The molecule has 1 N–H and O–H groups in total. The van der Waals surface area contributed by atoms with Gasteiger partial charge in [0.05, 0.1) is 4.47 Å². The van der Waals surface area contributed by atoms with Crippen molar-refractivity contribution < 1.29 is 14.2 Å². The topological polar surface area (TPSA) is 29.5 Å². The molecular formula is C13H10BrFO2. The van der Waals surface area contributed by atoms with Crippen LogP contribution in [0.1, 0.15) is 5.56 Å². The molecule has 0 saturated heterocycles. The number of ether oxygens (including phenoxy) is 1. The molecule has 0 saturated carbocycles. The summed E-state index contributed by atoms with van der Waals surface area (Å²) in [6, 6.07) is 11.3. The standard InChI is InChI=1S/C13H10BrFO2/c14-12-5-4-11(7-13(12)15)17-8-9-2-1-3-10(16)6-9/h1-7,16H,8H2. The molecule has 0 atom stereocenters. The zero-order valence-electron chi connectivity index (χ0n) is 8.86. The number of benzene rings is 2. The van der Waals surface area contributed by atoms with Crippen LogP contribution in [0.5, 0.6) is 11.5 Å². The second-order valence-corrected chi connectivity index (χ2v) is 4.39. The van der Waals surface area contributed by atoms with Gasteiger partial charge in [0.15, 0.2) is 0 Å². The van der Waals surface area contributed by atoms with Crippen LogP contribution in [0.3, 0.4) is 0 Å². The minimum atomic E-state index is -0.363. The predicted octanol–water partition coefficient (Wildman–Crippen LogP) is 3.87. The maximum absolute atomic E-state index is 13.2. The molecule has 0 fully saturated rings. The quantitative estimate of drug-likeness (QED) is 0.931. The Morgan fingerprint density at radius 2 is 2.00 bits per heavy atom. The van der Waals surface area contributed by atoms with Crippen molar-refractivity contribution >= 4 is 15.9 Å². The fourth-order valence-electron chi connectivity index (χ4n) is 1.38. The molecule has 0 bridgehead atoms. The summed E-state index contributed by atoms with van der Waals surface area (Å²) >= 11 is 3.07. The maximum atomic E-state index is 13.2. The summed E-state index contributed by atoms with van der Waals surface area (Å²) in [5.41, 5.74) is 0.827. The van der Waals surface area contributed by atoms with Crippen LogP contribution in [0.15, 0.2) is 46.9 Å². The zero-order valence-corrected chi connectivity index (χ0v) is 10.4. The average molecular weight is 297 g/mol. The van der Waals surface area contributed by atoms with E-state index in [0.29, 0.717) is 10.2 Å². The van der Waals surface area contributed by atoms with Crippen molar-refractivity contribution in [1.82, 2.24) is 0 Å². The van der Waals surface area contributed by atoms with E-state index >= 15 is 0 Å². The molecule has 0 amide bonds. The monoisotopic (exact) mass is 296 g/mol. The van der Waals surface area contributed by atoms with Crippen molar-refractivity contribution in [3.8, 4) is 11.5 Å². The highest BCUT2D eigenvalue weighted by Crippen LogP contribution is 2.22. The van der Waals surface area contributed by atoms with Crippen LogP contribution in [0.25, 0.3) is 0 Å². The molecule has 2 aromatic carbocycles. The first-order valence-electron chi connectivity index (χ1n) is 5.01. The Balaban J connectivity index is 2.05. The number of rotatable bonds is 3. The van der Waals surface area contributed by atoms with Crippen LogP contribution in [0.2, 0.25) is 0 Å². The normalized spacial score (nSPS) is 10.2. The van der Waals surface area contributed by atoms with Crippen molar-refractivity contribution in [3.05, 3.63) is 58.3 Å². The van der Waals surface area contributed by atoms with Gasteiger partial charge in [-0.15, -0.1) is 0 Å². The molecule has 0 radical (unpaired) electrons. The lowest BCUT2D eigenvalue weighted by molar-refractivity contribution is 0.303. The van der Waals surface area contributed by atoms with Gasteiger partial charge in [-0.25, -0.2) is 4.39 Å². The van der Waals surface area contributed by atoms with Gasteiger partial charge in [0.25, 0.3) is 0 Å². The molecule has 0 unspecified atom stereocenters. The summed E-state index contributed by atoms with van der Waals surface area (Å²) in [5.74, 6) is 0.278. The molecule has 88 valence electrons. The van der Waals surface area contributed by atoms with Gasteiger partial charge >= 0.3 is 0 Å². The fourth-order valence-corrected chi connectivity index (χ4v) is 1.63. The van der Waals surface area contributed by atoms with E-state index < -0.39 is 0 Å². The van der Waals surface area contributed by atoms with Crippen molar-refractivity contribution in [1.29, 1.82) is 0 Å². The molecule has 0 aliphatic rings. The summed E-state index contributed by atoms with van der Waals surface area (Å²) in [6.45, 7) is 0.287. The van der Waals surface area contributed by atoms with Crippen LogP contribution in [0, 0.1) is 5.82 Å². The van der Waals surface area contributed by atoms with Crippen molar-refractivity contribution in [2.24, 2.45) is 0 Å². The van der Waals surface area contributed by atoms with Crippen LogP contribution >= 0.6 is 15.9 Å². The Morgan fingerprint density at radius 1 is 1.18 bits per heavy atom. The number of aromatic hydroxyl groups is 1. The Labute approximate surface area is 107 Å². The zero-order chi connectivity index (χ0) is 12.3. The maximum Gasteiger partial charge on any atom is 0.141 e. The van der Waals surface area contributed by atoms with Gasteiger partial charge in [0.1, 0.15) is 23.9 Å². The SMILES string of the molecule is Oc1cccc(COc2ccc(Br)c(F)c2)c1. The van der Waals surface area contributed by atoms with Crippen LogP contribution in [-0.2, 0) is 6.61 Å². The molecule has 0 spiro atoms. The predicted molar refractivity (Wildman–Crippen MR) is 66.5 cm³/mol. The third-order valence-electron chi connectivity index (χ3n) is 2.21. The molecule has 17 heavy (non-hydrogen) atoms. The minimum absolute atomic E-state index is 0.188. The van der Waals surface area contributed by atoms with Gasteiger partial charge in [0.2, 0.25) is 0 Å². The van der Waals surface area contributed by atoms with E-state index in [9.17, 15) is 9.50 Å². The van der Waals surface area contributed by atoms with E-state index in [0.717, 1.165) is 5.56 Å². The molecule has 2 nitrogen and oxygen atoms in total. The Bertz CT molecular complexity index is 529. The highest BCUT2D eigenvalue weighted by molar-refractivity contribution is 9.10. The summed E-state index contributed by atoms with van der Waals surface area (Å²) in [4.78, 5) is 0. The first-order chi connectivity index (χ1) is 8.15. The minimum Gasteiger partial charge on any atom is -0.508 e. The molecule has 2 aromatic rings. The first kappa shape index (κ1) is 11.9. The molecule has 4 heteroatoms. The van der Waals surface area contributed by atoms with Crippen molar-refractivity contribution in [2.75, 3.05) is 0 Å². The molecule has 0 heterocycles. The van der Waals surface area contributed by atoms with Gasteiger partial charge in [-0.05, 0) is 45.8 Å². The number of phenols is 1. The first-order valence-corrected chi connectivity index (χ1v) is 5.80. The smallest absolute Gasteiger partial charge is 0.141 e. The lowest BCUT2D eigenvalue weighted by Crippen LogP contribution is -1.95. The highest BCUT2D eigenvalue weighted by atomic mass is 79.9. The molecule has 0 aliphatic carbocycles. The summed E-state index contributed by atoms with van der Waals surface area (Å²) in [5, 5.41) is 9.27. The molecule has 0 aromatic heterocycles. The van der Waals surface area contributed by atoms with E-state index in [4.69, 9.17) is 4.74 Å². The third kappa shape index (κ3) is 3.20. The summed E-state index contributed by atoms with van der Waals surface area (Å²) < 4.78 is 19.0. The Hall–Kier alpha value is -1.55. The van der Waals surface area contributed by atoms with Gasteiger partial charge < -0.3 is 9.84 Å². The molecule has 0 aliphatic heterocycles. The Morgan fingerprint density at radius 3 is 2.71 bits per heavy atom. The number of hydrogen-bond acceptors (Lipinski definition) is 2. The summed E-state index contributed by atoms with van der Waals surface area (Å²) in [7, 11) is 0. The second kappa shape index (κ2) is 5.19. The van der Waals surface area contributed by atoms with Gasteiger partial charge in [-0.2, -0.15) is 0 Å². The number of hydrogen-bond donors (Lipinski definition) is 1. The highest BCUT2D eigenvalue weighted by Gasteiger charge is 2.02. The van der Waals surface area contributed by atoms with Gasteiger partial charge in [-0.1, -0.05) is 12.1 Å². The van der Waals surface area contributed by atoms with Crippen LogP contribution < -0.4 is 4.74 Å². The largest absolute Gasteiger partial charge is 0.508 e.